The summed E-state index contributed by atoms with van der Waals surface area (Å²) in [5.74, 6) is 0. The molecular formula is C43H26O3. The number of fused-ring (bicyclic) bond motifs is 6. The van der Waals surface area contributed by atoms with Gasteiger partial charge in [0, 0.05) is 21.7 Å². The Morgan fingerprint density at radius 3 is 1.65 bits per heavy atom. The highest BCUT2D eigenvalue weighted by molar-refractivity contribution is 6.11. The molecule has 0 N–H and O–H groups in total. The molecule has 2 heterocycles. The lowest BCUT2D eigenvalue weighted by atomic mass is 9.92. The van der Waals surface area contributed by atoms with Gasteiger partial charge in [0.05, 0.1) is 5.39 Å². The monoisotopic (exact) mass is 590 g/mol. The van der Waals surface area contributed by atoms with Gasteiger partial charge in [0.15, 0.2) is 0 Å². The third-order valence-electron chi connectivity index (χ3n) is 8.91. The fourth-order valence-corrected chi connectivity index (χ4v) is 6.64. The van der Waals surface area contributed by atoms with Crippen LogP contribution >= 0.6 is 0 Å². The number of hydrogen-bond donors (Lipinski definition) is 0. The largest absolute Gasteiger partial charge is 0.455 e. The minimum atomic E-state index is -0.360. The zero-order valence-corrected chi connectivity index (χ0v) is 24.7. The average molecular weight is 591 g/mol. The summed E-state index contributed by atoms with van der Waals surface area (Å²) < 4.78 is 12.3. The standard InChI is InChI=1S/C43H26O3/c44-43-39-25-30(34-15-9-16-38-36-14-7-8-17-40(36)45-42(34)38)19-20-35(39)37-21-18-29(26-41(37)46-43)33-23-31(27-10-3-1-4-11-27)22-32(24-33)28-12-5-2-6-13-28/h1-26H. The number of rotatable bonds is 4. The summed E-state index contributed by atoms with van der Waals surface area (Å²) in [6, 6.07) is 53.8. The van der Waals surface area contributed by atoms with E-state index in [4.69, 9.17) is 8.83 Å². The second-order valence-electron chi connectivity index (χ2n) is 11.7. The van der Waals surface area contributed by atoms with Crippen molar-refractivity contribution < 1.29 is 8.83 Å². The average Bonchev–Trinajstić information content (AvgIpc) is 3.51. The van der Waals surface area contributed by atoms with Crippen LogP contribution < -0.4 is 5.63 Å². The van der Waals surface area contributed by atoms with Gasteiger partial charge in [-0.3, -0.25) is 0 Å². The molecule has 0 spiro atoms. The van der Waals surface area contributed by atoms with Crippen molar-refractivity contribution in [3.05, 3.63) is 168 Å². The van der Waals surface area contributed by atoms with Crippen LogP contribution in [0, 0.1) is 0 Å². The van der Waals surface area contributed by atoms with E-state index in [1.54, 1.807) is 0 Å². The van der Waals surface area contributed by atoms with E-state index in [9.17, 15) is 4.79 Å². The molecule has 0 saturated heterocycles. The third-order valence-corrected chi connectivity index (χ3v) is 8.91. The van der Waals surface area contributed by atoms with Gasteiger partial charge >= 0.3 is 5.63 Å². The predicted octanol–water partition coefficient (Wildman–Crippen LogP) is 11.5. The summed E-state index contributed by atoms with van der Waals surface area (Å²) in [6.45, 7) is 0. The van der Waals surface area contributed by atoms with Crippen molar-refractivity contribution >= 4 is 43.7 Å². The SMILES string of the molecule is O=c1oc2cc(-c3cc(-c4ccccc4)cc(-c4ccccc4)c3)ccc2c2ccc(-c3cccc4c3oc3ccccc34)cc12. The van der Waals surface area contributed by atoms with Crippen molar-refractivity contribution in [1.29, 1.82) is 0 Å². The molecule has 3 nitrogen and oxygen atoms in total. The Morgan fingerprint density at radius 2 is 0.913 bits per heavy atom. The molecule has 9 rings (SSSR count). The van der Waals surface area contributed by atoms with E-state index in [1.807, 2.05) is 60.7 Å². The maximum Gasteiger partial charge on any atom is 0.344 e. The molecule has 0 saturated carbocycles. The Labute approximate surface area is 264 Å². The summed E-state index contributed by atoms with van der Waals surface area (Å²) in [5, 5.41) is 4.43. The third kappa shape index (κ3) is 4.33. The van der Waals surface area contributed by atoms with Gasteiger partial charge in [-0.05, 0) is 86.8 Å². The van der Waals surface area contributed by atoms with E-state index in [2.05, 4.69) is 97.1 Å². The first kappa shape index (κ1) is 26.2. The summed E-state index contributed by atoms with van der Waals surface area (Å²) >= 11 is 0. The Hall–Kier alpha value is -6.19. The van der Waals surface area contributed by atoms with Crippen molar-refractivity contribution in [2.75, 3.05) is 0 Å². The summed E-state index contributed by atoms with van der Waals surface area (Å²) in [6.07, 6.45) is 0. The van der Waals surface area contributed by atoms with Gasteiger partial charge in [0.25, 0.3) is 0 Å². The van der Waals surface area contributed by atoms with Gasteiger partial charge < -0.3 is 8.83 Å². The highest BCUT2D eigenvalue weighted by atomic mass is 16.4. The fourth-order valence-electron chi connectivity index (χ4n) is 6.64. The normalized spacial score (nSPS) is 11.6. The van der Waals surface area contributed by atoms with Crippen molar-refractivity contribution in [3.63, 3.8) is 0 Å². The second kappa shape index (κ2) is 10.5. The topological polar surface area (TPSA) is 43.4 Å². The van der Waals surface area contributed by atoms with E-state index >= 15 is 0 Å². The molecule has 0 aliphatic rings. The van der Waals surface area contributed by atoms with Crippen LogP contribution in [-0.2, 0) is 0 Å². The van der Waals surface area contributed by atoms with Crippen LogP contribution in [0.25, 0.3) is 88.2 Å². The molecule has 0 radical (unpaired) electrons. The van der Waals surface area contributed by atoms with E-state index in [1.165, 1.54) is 0 Å². The lowest BCUT2D eigenvalue weighted by Gasteiger charge is -2.12. The van der Waals surface area contributed by atoms with Crippen LogP contribution in [0.3, 0.4) is 0 Å². The molecule has 0 aliphatic heterocycles. The highest BCUT2D eigenvalue weighted by Crippen LogP contribution is 2.38. The molecule has 0 fully saturated rings. The summed E-state index contributed by atoms with van der Waals surface area (Å²) in [5.41, 5.74) is 10.3. The van der Waals surface area contributed by atoms with Gasteiger partial charge in [0.2, 0.25) is 0 Å². The molecule has 9 aromatic rings. The molecule has 46 heavy (non-hydrogen) atoms. The summed E-state index contributed by atoms with van der Waals surface area (Å²) in [7, 11) is 0. The predicted molar refractivity (Wildman–Crippen MR) is 189 cm³/mol. The number of benzene rings is 7. The van der Waals surface area contributed by atoms with Crippen LogP contribution in [-0.4, -0.2) is 0 Å². The van der Waals surface area contributed by atoms with Crippen LogP contribution in [0.2, 0.25) is 0 Å². The molecule has 7 aromatic carbocycles. The van der Waals surface area contributed by atoms with Crippen LogP contribution in [0.15, 0.2) is 171 Å². The first-order chi connectivity index (χ1) is 22.7. The lowest BCUT2D eigenvalue weighted by molar-refractivity contribution is 0.570. The van der Waals surface area contributed by atoms with E-state index in [0.717, 1.165) is 77.2 Å². The lowest BCUT2D eigenvalue weighted by Crippen LogP contribution is -2.00. The minimum absolute atomic E-state index is 0.360. The molecule has 0 unspecified atom stereocenters. The van der Waals surface area contributed by atoms with E-state index < -0.39 is 0 Å². The van der Waals surface area contributed by atoms with Crippen molar-refractivity contribution in [2.24, 2.45) is 0 Å². The Morgan fingerprint density at radius 1 is 0.326 bits per heavy atom. The minimum Gasteiger partial charge on any atom is -0.455 e. The number of para-hydroxylation sites is 2. The number of furan rings is 1. The Kier molecular flexibility index (Phi) is 5.97. The Balaban J connectivity index is 1.18. The summed E-state index contributed by atoms with van der Waals surface area (Å²) in [4.78, 5) is 13.5. The van der Waals surface area contributed by atoms with Gasteiger partial charge in [-0.2, -0.15) is 0 Å². The first-order valence-corrected chi connectivity index (χ1v) is 15.4. The highest BCUT2D eigenvalue weighted by Gasteiger charge is 2.15. The molecule has 0 amide bonds. The van der Waals surface area contributed by atoms with E-state index in [-0.39, 0.29) is 5.63 Å². The van der Waals surface area contributed by atoms with E-state index in [0.29, 0.717) is 11.0 Å². The maximum atomic E-state index is 13.5. The first-order valence-electron chi connectivity index (χ1n) is 15.4. The van der Waals surface area contributed by atoms with Crippen molar-refractivity contribution in [2.45, 2.75) is 0 Å². The molecule has 2 aromatic heterocycles. The van der Waals surface area contributed by atoms with Gasteiger partial charge in [-0.1, -0.05) is 115 Å². The maximum absolute atomic E-state index is 13.5. The van der Waals surface area contributed by atoms with Crippen molar-refractivity contribution in [3.8, 4) is 44.5 Å². The molecule has 3 heteroatoms. The zero-order chi connectivity index (χ0) is 30.6. The quantitative estimate of drug-likeness (QED) is 0.151. The molecule has 0 atom stereocenters. The molecule has 216 valence electrons. The van der Waals surface area contributed by atoms with Crippen LogP contribution in [0.1, 0.15) is 0 Å². The van der Waals surface area contributed by atoms with Gasteiger partial charge in [-0.25, -0.2) is 4.79 Å². The smallest absolute Gasteiger partial charge is 0.344 e. The zero-order valence-electron chi connectivity index (χ0n) is 24.7. The Bertz CT molecular complexity index is 2590. The van der Waals surface area contributed by atoms with Gasteiger partial charge in [-0.15, -0.1) is 0 Å². The molecular weight excluding hydrogens is 564 g/mol. The van der Waals surface area contributed by atoms with Crippen molar-refractivity contribution in [1.82, 2.24) is 0 Å². The second-order valence-corrected chi connectivity index (χ2v) is 11.7. The molecule has 0 bridgehead atoms. The van der Waals surface area contributed by atoms with Crippen LogP contribution in [0.4, 0.5) is 0 Å². The van der Waals surface area contributed by atoms with Crippen LogP contribution in [0.5, 0.6) is 0 Å². The fraction of sp³-hybridized carbons (Fsp3) is 0. The molecule has 0 aliphatic carbocycles. The van der Waals surface area contributed by atoms with Gasteiger partial charge in [0.1, 0.15) is 16.7 Å². The number of hydrogen-bond acceptors (Lipinski definition) is 3.